The van der Waals surface area contributed by atoms with Crippen molar-refractivity contribution in [2.75, 3.05) is 11.5 Å². The van der Waals surface area contributed by atoms with Gasteiger partial charge in [0.05, 0.1) is 0 Å². The van der Waals surface area contributed by atoms with Crippen molar-refractivity contribution in [3.8, 4) is 11.4 Å². The zero-order valence-electron chi connectivity index (χ0n) is 10.8. The van der Waals surface area contributed by atoms with Gasteiger partial charge < -0.3 is 11.5 Å². The molecule has 1 aromatic carbocycles. The number of rotatable bonds is 1. The smallest absolute Gasteiger partial charge is 0.225 e. The SMILES string of the molecule is CC(C)(C)c1ccc(-c2nc(N)nc(N)n2)cc1. The Morgan fingerprint density at radius 2 is 1.33 bits per heavy atom. The first-order valence-corrected chi connectivity index (χ1v) is 5.74. The van der Waals surface area contributed by atoms with Gasteiger partial charge in [0, 0.05) is 5.56 Å². The molecule has 0 amide bonds. The summed E-state index contributed by atoms with van der Waals surface area (Å²) in [5.74, 6) is 0.773. The average Bonchev–Trinajstić information content (AvgIpc) is 2.27. The van der Waals surface area contributed by atoms with Gasteiger partial charge in [-0.25, -0.2) is 0 Å². The Balaban J connectivity index is 2.40. The van der Waals surface area contributed by atoms with E-state index in [1.165, 1.54) is 5.56 Å². The molecule has 2 aromatic rings. The highest BCUT2D eigenvalue weighted by Crippen LogP contribution is 2.24. The summed E-state index contributed by atoms with van der Waals surface area (Å²) in [6.07, 6.45) is 0. The second-order valence-electron chi connectivity index (χ2n) is 5.20. The number of aromatic nitrogens is 3. The van der Waals surface area contributed by atoms with Crippen LogP contribution in [0.4, 0.5) is 11.9 Å². The maximum Gasteiger partial charge on any atom is 0.225 e. The molecular formula is C13H17N5. The number of hydrogen-bond acceptors (Lipinski definition) is 5. The molecule has 0 aliphatic heterocycles. The maximum absolute atomic E-state index is 5.55. The second-order valence-corrected chi connectivity index (χ2v) is 5.20. The van der Waals surface area contributed by atoms with Gasteiger partial charge in [0.2, 0.25) is 11.9 Å². The molecular weight excluding hydrogens is 226 g/mol. The van der Waals surface area contributed by atoms with E-state index in [1.54, 1.807) is 0 Å². The van der Waals surface area contributed by atoms with E-state index in [0.29, 0.717) is 5.82 Å². The van der Waals surface area contributed by atoms with E-state index in [0.717, 1.165) is 5.56 Å². The summed E-state index contributed by atoms with van der Waals surface area (Å²) in [5, 5.41) is 0. The van der Waals surface area contributed by atoms with Crippen LogP contribution in [-0.2, 0) is 5.41 Å². The van der Waals surface area contributed by atoms with Crippen molar-refractivity contribution >= 4 is 11.9 Å². The highest BCUT2D eigenvalue weighted by Gasteiger charge is 2.13. The Morgan fingerprint density at radius 3 is 1.78 bits per heavy atom. The fourth-order valence-electron chi connectivity index (χ4n) is 1.66. The number of hydrogen-bond donors (Lipinski definition) is 2. The normalized spacial score (nSPS) is 11.5. The second kappa shape index (κ2) is 4.25. The van der Waals surface area contributed by atoms with Gasteiger partial charge in [-0.1, -0.05) is 45.0 Å². The van der Waals surface area contributed by atoms with Crippen LogP contribution in [0.2, 0.25) is 0 Å². The molecule has 0 unspecified atom stereocenters. The minimum absolute atomic E-state index is 0.121. The van der Waals surface area contributed by atoms with Gasteiger partial charge in [-0.15, -0.1) is 0 Å². The molecule has 1 heterocycles. The fraction of sp³-hybridized carbons (Fsp3) is 0.308. The number of benzene rings is 1. The highest BCUT2D eigenvalue weighted by atomic mass is 15.1. The molecule has 4 N–H and O–H groups in total. The fourth-order valence-corrected chi connectivity index (χ4v) is 1.66. The first-order valence-electron chi connectivity index (χ1n) is 5.74. The molecule has 5 nitrogen and oxygen atoms in total. The Kier molecular flexibility index (Phi) is 2.90. The molecule has 1 aromatic heterocycles. The lowest BCUT2D eigenvalue weighted by Gasteiger charge is -2.18. The minimum Gasteiger partial charge on any atom is -0.368 e. The summed E-state index contributed by atoms with van der Waals surface area (Å²) in [5.41, 5.74) is 13.4. The van der Waals surface area contributed by atoms with E-state index < -0.39 is 0 Å². The largest absolute Gasteiger partial charge is 0.368 e. The standard InChI is InChI=1S/C13H17N5/c1-13(2,3)9-6-4-8(5-7-9)10-16-11(14)18-12(15)17-10/h4-7H,1-3H3,(H4,14,15,16,17,18). The monoisotopic (exact) mass is 243 g/mol. The maximum atomic E-state index is 5.55. The highest BCUT2D eigenvalue weighted by molar-refractivity contribution is 5.57. The molecule has 0 fully saturated rings. The number of nitrogen functional groups attached to an aromatic ring is 2. The summed E-state index contributed by atoms with van der Waals surface area (Å²) in [6.45, 7) is 6.50. The van der Waals surface area contributed by atoms with E-state index >= 15 is 0 Å². The van der Waals surface area contributed by atoms with Gasteiger partial charge in [-0.2, -0.15) is 15.0 Å². The Bertz CT molecular complexity index is 534. The summed E-state index contributed by atoms with van der Waals surface area (Å²) < 4.78 is 0. The minimum atomic E-state index is 0.121. The van der Waals surface area contributed by atoms with E-state index in [2.05, 4.69) is 47.9 Å². The van der Waals surface area contributed by atoms with Crippen LogP contribution in [0.25, 0.3) is 11.4 Å². The summed E-state index contributed by atoms with van der Waals surface area (Å²) in [4.78, 5) is 11.9. The lowest BCUT2D eigenvalue weighted by molar-refractivity contribution is 0.590. The van der Waals surface area contributed by atoms with Crippen molar-refractivity contribution in [3.05, 3.63) is 29.8 Å². The van der Waals surface area contributed by atoms with Crippen molar-refractivity contribution in [2.45, 2.75) is 26.2 Å². The Labute approximate surface area is 106 Å². The summed E-state index contributed by atoms with van der Waals surface area (Å²) in [6, 6.07) is 8.06. The molecule has 0 saturated carbocycles. The van der Waals surface area contributed by atoms with Crippen LogP contribution in [0, 0.1) is 0 Å². The van der Waals surface area contributed by atoms with Crippen LogP contribution < -0.4 is 11.5 Å². The zero-order valence-corrected chi connectivity index (χ0v) is 10.8. The molecule has 94 valence electrons. The van der Waals surface area contributed by atoms with E-state index in [4.69, 9.17) is 11.5 Å². The molecule has 0 atom stereocenters. The predicted octanol–water partition coefficient (Wildman–Crippen LogP) is 2.00. The van der Waals surface area contributed by atoms with Crippen LogP contribution in [-0.4, -0.2) is 15.0 Å². The number of nitrogens with two attached hydrogens (primary N) is 2. The molecule has 5 heteroatoms. The van der Waals surface area contributed by atoms with Crippen LogP contribution >= 0.6 is 0 Å². The topological polar surface area (TPSA) is 90.7 Å². The lowest BCUT2D eigenvalue weighted by Crippen LogP contribution is -2.10. The van der Waals surface area contributed by atoms with Crippen LogP contribution in [0.1, 0.15) is 26.3 Å². The van der Waals surface area contributed by atoms with E-state index in [1.807, 2.05) is 12.1 Å². The van der Waals surface area contributed by atoms with Gasteiger partial charge in [-0.05, 0) is 11.0 Å². The third kappa shape index (κ3) is 2.56. The molecule has 0 aliphatic carbocycles. The van der Waals surface area contributed by atoms with Crippen molar-refractivity contribution < 1.29 is 0 Å². The Morgan fingerprint density at radius 1 is 0.833 bits per heavy atom. The lowest BCUT2D eigenvalue weighted by atomic mass is 9.87. The van der Waals surface area contributed by atoms with E-state index in [9.17, 15) is 0 Å². The van der Waals surface area contributed by atoms with Gasteiger partial charge >= 0.3 is 0 Å². The van der Waals surface area contributed by atoms with Crippen molar-refractivity contribution in [2.24, 2.45) is 0 Å². The zero-order chi connectivity index (χ0) is 13.3. The molecule has 0 spiro atoms. The van der Waals surface area contributed by atoms with E-state index in [-0.39, 0.29) is 17.3 Å². The molecule has 0 saturated heterocycles. The number of anilines is 2. The predicted molar refractivity (Wildman–Crippen MR) is 72.8 cm³/mol. The first-order chi connectivity index (χ1) is 8.36. The molecule has 0 radical (unpaired) electrons. The molecule has 2 rings (SSSR count). The van der Waals surface area contributed by atoms with Crippen LogP contribution in [0.5, 0.6) is 0 Å². The summed E-state index contributed by atoms with van der Waals surface area (Å²) >= 11 is 0. The molecule has 18 heavy (non-hydrogen) atoms. The average molecular weight is 243 g/mol. The van der Waals surface area contributed by atoms with Crippen LogP contribution in [0.15, 0.2) is 24.3 Å². The van der Waals surface area contributed by atoms with Crippen molar-refractivity contribution in [3.63, 3.8) is 0 Å². The third-order valence-corrected chi connectivity index (χ3v) is 2.68. The molecule has 0 bridgehead atoms. The Hall–Kier alpha value is -2.17. The van der Waals surface area contributed by atoms with Gasteiger partial charge in [0.1, 0.15) is 0 Å². The van der Waals surface area contributed by atoms with Gasteiger partial charge in [0.25, 0.3) is 0 Å². The summed E-state index contributed by atoms with van der Waals surface area (Å²) in [7, 11) is 0. The first kappa shape index (κ1) is 12.3. The number of nitrogens with zero attached hydrogens (tertiary/aromatic N) is 3. The van der Waals surface area contributed by atoms with Crippen LogP contribution in [0.3, 0.4) is 0 Å². The van der Waals surface area contributed by atoms with Gasteiger partial charge in [-0.3, -0.25) is 0 Å². The van der Waals surface area contributed by atoms with Crippen molar-refractivity contribution in [1.82, 2.24) is 15.0 Å². The quantitative estimate of drug-likeness (QED) is 0.799. The third-order valence-electron chi connectivity index (χ3n) is 2.68. The molecule has 0 aliphatic rings. The van der Waals surface area contributed by atoms with Crippen molar-refractivity contribution in [1.29, 1.82) is 0 Å². The van der Waals surface area contributed by atoms with Gasteiger partial charge in [0.15, 0.2) is 5.82 Å².